The molecule has 0 atom stereocenters. The Labute approximate surface area is 219 Å². The Balaban J connectivity index is 1.33. The van der Waals surface area contributed by atoms with E-state index in [4.69, 9.17) is 0 Å². The first-order chi connectivity index (χ1) is 17.8. The minimum Gasteiger partial charge on any atom is -0.301 e. The molecule has 0 aliphatic rings. The maximum absolute atomic E-state index is 13.4. The van der Waals surface area contributed by atoms with E-state index < -0.39 is 14.9 Å². The number of carbonyl (C=O) groups excluding carboxylic acids is 1. The highest BCUT2D eigenvalue weighted by molar-refractivity contribution is 8.00. The first-order valence-electron chi connectivity index (χ1n) is 10.8. The molecule has 2 aromatic heterocycles. The summed E-state index contributed by atoms with van der Waals surface area (Å²) in [5.41, 5.74) is 2.33. The molecular weight excluding hydrogens is 534 g/mol. The van der Waals surface area contributed by atoms with Gasteiger partial charge in [-0.15, -0.1) is 15.3 Å². The van der Waals surface area contributed by atoms with Crippen molar-refractivity contribution in [2.45, 2.75) is 10.1 Å². The molecule has 10 nitrogen and oxygen atoms in total. The van der Waals surface area contributed by atoms with Gasteiger partial charge in [-0.05, 0) is 48.2 Å². The standard InChI is InChI=1S/C24H17N5O5S3/c30-22(27-23-25-20(14-35-23)16-10-12-17(13-11-16)29(31)32)15-36-24-26-19-8-4-5-9-21(19)28(24)37(33,34)18-6-2-1-3-7-18/h1-14H,15H2,(H,25,27,30)/p+1. The smallest absolute Gasteiger partial charge is 0.301 e. The van der Waals surface area contributed by atoms with Crippen LogP contribution in [0, 0.1) is 10.1 Å². The summed E-state index contributed by atoms with van der Waals surface area (Å²) in [4.78, 5) is 30.7. The van der Waals surface area contributed by atoms with Crippen LogP contribution in [0.2, 0.25) is 0 Å². The van der Waals surface area contributed by atoms with Gasteiger partial charge in [-0.25, -0.2) is 9.97 Å². The molecule has 2 N–H and O–H groups in total. The van der Waals surface area contributed by atoms with Crippen molar-refractivity contribution in [2.24, 2.45) is 0 Å². The molecule has 0 aliphatic carbocycles. The maximum Gasteiger partial charge on any atom is 0.336 e. The molecule has 1 amide bonds. The summed E-state index contributed by atoms with van der Waals surface area (Å²) in [7, 11) is -3.92. The fourth-order valence-corrected chi connectivity index (χ4v) is 6.89. The number of nitrogens with one attached hydrogen (secondary N) is 2. The Hall–Kier alpha value is -4.07. The molecule has 0 fully saturated rings. The number of aromatic amines is 1. The minimum absolute atomic E-state index is 0.0203. The van der Waals surface area contributed by atoms with Crippen LogP contribution in [0.5, 0.6) is 0 Å². The predicted molar refractivity (Wildman–Crippen MR) is 141 cm³/mol. The Morgan fingerprint density at radius 3 is 2.49 bits per heavy atom. The quantitative estimate of drug-likeness (QED) is 0.125. The number of nitro benzene ring substituents is 1. The van der Waals surface area contributed by atoms with E-state index in [1.54, 1.807) is 60.0 Å². The number of imidazole rings is 1. The lowest BCUT2D eigenvalue weighted by Crippen LogP contribution is -2.44. The van der Waals surface area contributed by atoms with Crippen LogP contribution in [-0.4, -0.2) is 35.0 Å². The summed E-state index contributed by atoms with van der Waals surface area (Å²) in [5, 5.41) is 16.0. The third-order valence-electron chi connectivity index (χ3n) is 5.29. The number of H-pyrrole nitrogens is 1. The summed E-state index contributed by atoms with van der Waals surface area (Å²) in [5.74, 6) is -0.430. The third-order valence-corrected chi connectivity index (χ3v) is 8.86. The molecule has 0 aliphatic heterocycles. The fourth-order valence-electron chi connectivity index (χ4n) is 3.57. The van der Waals surface area contributed by atoms with E-state index in [0.29, 0.717) is 32.6 Å². The lowest BCUT2D eigenvalue weighted by Gasteiger charge is -2.04. The van der Waals surface area contributed by atoms with Crippen molar-refractivity contribution in [2.75, 3.05) is 11.1 Å². The molecule has 0 saturated carbocycles. The van der Waals surface area contributed by atoms with Crippen LogP contribution in [0.4, 0.5) is 10.8 Å². The highest BCUT2D eigenvalue weighted by atomic mass is 32.2. The van der Waals surface area contributed by atoms with E-state index >= 15 is 0 Å². The molecule has 13 heteroatoms. The molecule has 0 unspecified atom stereocenters. The summed E-state index contributed by atoms with van der Waals surface area (Å²) >= 11 is 2.28. The molecule has 186 valence electrons. The maximum atomic E-state index is 13.4. The number of non-ortho nitro benzene ring substituents is 1. The van der Waals surface area contributed by atoms with Crippen molar-refractivity contribution in [3.8, 4) is 11.3 Å². The molecule has 0 radical (unpaired) electrons. The fraction of sp³-hybridized carbons (Fsp3) is 0.0417. The van der Waals surface area contributed by atoms with Gasteiger partial charge in [0.25, 0.3) is 5.69 Å². The molecule has 37 heavy (non-hydrogen) atoms. The van der Waals surface area contributed by atoms with Crippen LogP contribution in [0.25, 0.3) is 22.3 Å². The number of anilines is 1. The number of fused-ring (bicyclic) bond motifs is 1. The van der Waals surface area contributed by atoms with Gasteiger partial charge in [-0.3, -0.25) is 14.9 Å². The van der Waals surface area contributed by atoms with Gasteiger partial charge in [-0.2, -0.15) is 8.42 Å². The second kappa shape index (κ2) is 10.1. The summed E-state index contributed by atoms with van der Waals surface area (Å²) < 4.78 is 28.1. The van der Waals surface area contributed by atoms with Crippen LogP contribution in [0.15, 0.2) is 94.3 Å². The van der Waals surface area contributed by atoms with Gasteiger partial charge in [0.05, 0.1) is 16.4 Å². The van der Waals surface area contributed by atoms with Gasteiger partial charge in [-0.1, -0.05) is 30.3 Å². The van der Waals surface area contributed by atoms with Gasteiger partial charge in [0, 0.05) is 23.1 Å². The van der Waals surface area contributed by atoms with E-state index in [1.807, 2.05) is 0 Å². The van der Waals surface area contributed by atoms with E-state index in [9.17, 15) is 23.3 Å². The monoisotopic (exact) mass is 552 g/mol. The SMILES string of the molecule is O=C(CSc1[nH]c2ccccc2[n+]1S(=O)(=O)c1ccccc1)Nc1nc(-c2ccc([N+](=O)[O-])cc2)cs1. The Kier molecular flexibility index (Phi) is 6.74. The van der Waals surface area contributed by atoms with Gasteiger partial charge in [0.2, 0.25) is 5.91 Å². The van der Waals surface area contributed by atoms with E-state index in [0.717, 1.165) is 11.8 Å². The highest BCUT2D eigenvalue weighted by Gasteiger charge is 2.32. The number of aromatic nitrogens is 3. The number of benzene rings is 3. The van der Waals surface area contributed by atoms with Crippen LogP contribution in [0.1, 0.15) is 0 Å². The van der Waals surface area contributed by atoms with Crippen LogP contribution < -0.4 is 9.29 Å². The van der Waals surface area contributed by atoms with Gasteiger partial charge >= 0.3 is 15.2 Å². The van der Waals surface area contributed by atoms with Crippen LogP contribution >= 0.6 is 23.1 Å². The number of hydrogen-bond donors (Lipinski definition) is 2. The molecule has 0 bridgehead atoms. The van der Waals surface area contributed by atoms with Crippen LogP contribution in [-0.2, 0) is 14.8 Å². The molecule has 3 aromatic carbocycles. The number of amides is 1. The number of para-hydroxylation sites is 2. The molecule has 5 rings (SSSR count). The first-order valence-corrected chi connectivity index (χ1v) is 14.1. The Bertz CT molecular complexity index is 1710. The first kappa shape index (κ1) is 24.6. The summed E-state index contributed by atoms with van der Waals surface area (Å²) in [6, 6.07) is 21.1. The van der Waals surface area contributed by atoms with Crippen molar-refractivity contribution in [1.29, 1.82) is 0 Å². The van der Waals surface area contributed by atoms with Crippen molar-refractivity contribution >= 4 is 60.9 Å². The second-order valence-corrected chi connectivity index (χ2v) is 11.3. The largest absolute Gasteiger partial charge is 0.336 e. The lowest BCUT2D eigenvalue weighted by atomic mass is 10.1. The van der Waals surface area contributed by atoms with Crippen molar-refractivity contribution in [3.63, 3.8) is 0 Å². The zero-order valence-corrected chi connectivity index (χ0v) is 21.3. The second-order valence-electron chi connectivity index (χ2n) is 7.71. The van der Waals surface area contributed by atoms with Gasteiger partial charge in [0.1, 0.15) is 4.90 Å². The molecular formula is C24H18N5O5S3+. The zero-order valence-electron chi connectivity index (χ0n) is 18.9. The van der Waals surface area contributed by atoms with E-state index in [1.165, 1.54) is 39.6 Å². The van der Waals surface area contributed by atoms with Crippen molar-refractivity contribution in [1.82, 2.24) is 9.97 Å². The number of nitro groups is 1. The van der Waals surface area contributed by atoms with E-state index in [-0.39, 0.29) is 22.2 Å². The Morgan fingerprint density at radius 1 is 1.05 bits per heavy atom. The number of thiazole rings is 1. The number of nitrogens with zero attached hydrogens (tertiary/aromatic N) is 3. The summed E-state index contributed by atoms with van der Waals surface area (Å²) in [6.45, 7) is 0. The lowest BCUT2D eigenvalue weighted by molar-refractivity contribution is -0.526. The molecule has 0 saturated heterocycles. The average molecular weight is 553 g/mol. The minimum atomic E-state index is -3.92. The van der Waals surface area contributed by atoms with Crippen LogP contribution in [0.3, 0.4) is 0 Å². The molecule has 2 heterocycles. The average Bonchev–Trinajstić information content (AvgIpc) is 3.53. The van der Waals surface area contributed by atoms with Crippen molar-refractivity contribution < 1.29 is 22.1 Å². The molecule has 0 spiro atoms. The van der Waals surface area contributed by atoms with Crippen molar-refractivity contribution in [3.05, 3.63) is 94.4 Å². The summed E-state index contributed by atoms with van der Waals surface area (Å²) in [6.07, 6.45) is 0. The Morgan fingerprint density at radius 2 is 1.76 bits per heavy atom. The number of hydrogen-bond acceptors (Lipinski definition) is 8. The molecule has 5 aromatic rings. The topological polar surface area (TPSA) is 139 Å². The van der Waals surface area contributed by atoms with Gasteiger partial charge < -0.3 is 5.32 Å². The predicted octanol–water partition coefficient (Wildman–Crippen LogP) is 4.45. The van der Waals surface area contributed by atoms with E-state index in [2.05, 4.69) is 15.3 Å². The number of carbonyl (C=O) groups is 1. The normalized spacial score (nSPS) is 11.5. The third kappa shape index (κ3) is 5.09. The van der Waals surface area contributed by atoms with Gasteiger partial charge in [0.15, 0.2) is 16.2 Å². The number of rotatable bonds is 8. The number of thioether (sulfide) groups is 1. The zero-order chi connectivity index (χ0) is 26.0. The highest BCUT2D eigenvalue weighted by Crippen LogP contribution is 2.27.